The van der Waals surface area contributed by atoms with Gasteiger partial charge in [0.15, 0.2) is 0 Å². The number of thiophene rings is 1. The first-order chi connectivity index (χ1) is 13.5. The maximum atomic E-state index is 12.6. The second-order valence-corrected chi connectivity index (χ2v) is 9.39. The van der Waals surface area contributed by atoms with E-state index in [1.165, 1.54) is 21.7 Å². The van der Waals surface area contributed by atoms with E-state index in [-0.39, 0.29) is 16.7 Å². The van der Waals surface area contributed by atoms with Crippen molar-refractivity contribution in [3.8, 4) is 5.75 Å². The zero-order valence-corrected chi connectivity index (χ0v) is 17.1. The van der Waals surface area contributed by atoms with Gasteiger partial charge < -0.3 is 14.8 Å². The van der Waals surface area contributed by atoms with Gasteiger partial charge >= 0.3 is 0 Å². The molecule has 1 fully saturated rings. The number of methoxy groups -OCH3 is 1. The normalized spacial score (nSPS) is 15.6. The van der Waals surface area contributed by atoms with Crippen LogP contribution in [0.3, 0.4) is 0 Å². The number of carbonyl (C=O) groups excluding carboxylic acids is 1. The Hall–Kier alpha value is -2.20. The summed E-state index contributed by atoms with van der Waals surface area (Å²) in [6.45, 7) is 1.82. The van der Waals surface area contributed by atoms with Gasteiger partial charge in [-0.1, -0.05) is 12.1 Å². The highest BCUT2D eigenvalue weighted by molar-refractivity contribution is 7.91. The number of morpholine rings is 1. The lowest BCUT2D eigenvalue weighted by Gasteiger charge is -2.25. The molecule has 7 nitrogen and oxygen atoms in total. The molecule has 150 valence electrons. The van der Waals surface area contributed by atoms with Crippen LogP contribution in [0.4, 0.5) is 0 Å². The zero-order valence-electron chi connectivity index (χ0n) is 15.5. The van der Waals surface area contributed by atoms with Crippen molar-refractivity contribution < 1.29 is 22.7 Å². The van der Waals surface area contributed by atoms with E-state index >= 15 is 0 Å². The predicted octanol–water partition coefficient (Wildman–Crippen LogP) is 2.11. The fourth-order valence-corrected chi connectivity index (χ4v) is 5.48. The molecule has 1 aromatic heterocycles. The van der Waals surface area contributed by atoms with Gasteiger partial charge in [0, 0.05) is 24.0 Å². The van der Waals surface area contributed by atoms with Crippen molar-refractivity contribution in [1.29, 1.82) is 0 Å². The highest BCUT2D eigenvalue weighted by Crippen LogP contribution is 2.25. The number of carbonyl (C=O) groups is 1. The molecule has 1 N–H and O–H groups in total. The van der Waals surface area contributed by atoms with Gasteiger partial charge in [-0.3, -0.25) is 4.79 Å². The van der Waals surface area contributed by atoms with E-state index in [1.54, 1.807) is 25.3 Å². The third-order valence-electron chi connectivity index (χ3n) is 4.18. The van der Waals surface area contributed by atoms with Crippen molar-refractivity contribution in [1.82, 2.24) is 9.62 Å². The lowest BCUT2D eigenvalue weighted by Crippen LogP contribution is -2.40. The topological polar surface area (TPSA) is 84.9 Å². The smallest absolute Gasteiger partial charge is 0.252 e. The van der Waals surface area contributed by atoms with Crippen molar-refractivity contribution in [2.45, 2.75) is 10.8 Å². The van der Waals surface area contributed by atoms with Crippen LogP contribution in [-0.4, -0.2) is 52.0 Å². The van der Waals surface area contributed by atoms with E-state index in [2.05, 4.69) is 5.32 Å². The van der Waals surface area contributed by atoms with Crippen LogP contribution in [-0.2, 0) is 26.1 Å². The molecular formula is C19H22N2O5S2. The number of amides is 1. The zero-order chi connectivity index (χ0) is 20.0. The number of nitrogens with zero attached hydrogens (tertiary/aromatic N) is 1. The van der Waals surface area contributed by atoms with E-state index in [4.69, 9.17) is 9.47 Å². The summed E-state index contributed by atoms with van der Waals surface area (Å²) >= 11 is 1.17. The van der Waals surface area contributed by atoms with Crippen molar-refractivity contribution in [3.63, 3.8) is 0 Å². The molecule has 1 amide bonds. The van der Waals surface area contributed by atoms with Crippen molar-refractivity contribution in [3.05, 3.63) is 52.9 Å². The molecule has 1 saturated heterocycles. The summed E-state index contributed by atoms with van der Waals surface area (Å²) in [7, 11) is -1.90. The summed E-state index contributed by atoms with van der Waals surface area (Å²) in [5.41, 5.74) is 0.881. The monoisotopic (exact) mass is 422 g/mol. The van der Waals surface area contributed by atoms with Gasteiger partial charge in [-0.25, -0.2) is 8.42 Å². The Kier molecular flexibility index (Phi) is 6.84. The molecule has 0 unspecified atom stereocenters. The van der Waals surface area contributed by atoms with Gasteiger partial charge in [0.2, 0.25) is 5.91 Å². The number of nitrogens with one attached hydrogen (secondary N) is 1. The van der Waals surface area contributed by atoms with E-state index in [0.29, 0.717) is 26.3 Å². The molecule has 9 heteroatoms. The fraction of sp³-hybridized carbons (Fsp3) is 0.316. The molecule has 28 heavy (non-hydrogen) atoms. The largest absolute Gasteiger partial charge is 0.497 e. The van der Waals surface area contributed by atoms with Crippen LogP contribution in [0.15, 0.2) is 46.7 Å². The van der Waals surface area contributed by atoms with Crippen LogP contribution in [0.2, 0.25) is 0 Å². The van der Waals surface area contributed by atoms with Gasteiger partial charge in [0.05, 0.1) is 26.9 Å². The Labute approximate surface area is 168 Å². The Balaban J connectivity index is 1.54. The summed E-state index contributed by atoms with van der Waals surface area (Å²) in [5, 5.41) is 2.77. The first kappa shape index (κ1) is 20.5. The average molecular weight is 423 g/mol. The van der Waals surface area contributed by atoms with Crippen LogP contribution in [0.1, 0.15) is 10.4 Å². The lowest BCUT2D eigenvalue weighted by atomic mass is 10.2. The van der Waals surface area contributed by atoms with Crippen molar-refractivity contribution >= 4 is 33.3 Å². The molecule has 2 aromatic rings. The van der Waals surface area contributed by atoms with Crippen LogP contribution in [0, 0.1) is 0 Å². The molecule has 0 saturated carbocycles. The standard InChI is InChI=1S/C19H22N2O5S2/c1-25-16-5-2-15(3-6-16)4-8-18(22)20-14-17-7-9-19(27-17)28(23,24)21-10-12-26-13-11-21/h2-9H,10-14H2,1H3,(H,20,22)/b8-4+. The van der Waals surface area contributed by atoms with E-state index in [1.807, 2.05) is 24.3 Å². The second-order valence-electron chi connectivity index (χ2n) is 6.06. The number of hydrogen-bond donors (Lipinski definition) is 1. The molecule has 0 bridgehead atoms. The minimum atomic E-state index is -3.50. The predicted molar refractivity (Wildman–Crippen MR) is 108 cm³/mol. The maximum Gasteiger partial charge on any atom is 0.252 e. The Morgan fingerprint density at radius 3 is 2.61 bits per heavy atom. The number of benzene rings is 1. The van der Waals surface area contributed by atoms with Crippen LogP contribution in [0.25, 0.3) is 6.08 Å². The van der Waals surface area contributed by atoms with E-state index in [9.17, 15) is 13.2 Å². The number of ether oxygens (including phenoxy) is 2. The Morgan fingerprint density at radius 1 is 1.21 bits per heavy atom. The minimum absolute atomic E-state index is 0.248. The summed E-state index contributed by atoms with van der Waals surface area (Å²) in [6, 6.07) is 10.7. The van der Waals surface area contributed by atoms with Gasteiger partial charge in [-0.15, -0.1) is 11.3 Å². The number of rotatable bonds is 7. The molecule has 1 aliphatic rings. The van der Waals surface area contributed by atoms with Crippen LogP contribution < -0.4 is 10.1 Å². The van der Waals surface area contributed by atoms with Crippen LogP contribution in [0.5, 0.6) is 5.75 Å². The quantitative estimate of drug-likeness (QED) is 0.691. The lowest BCUT2D eigenvalue weighted by molar-refractivity contribution is -0.116. The second kappa shape index (κ2) is 9.33. The van der Waals surface area contributed by atoms with Gasteiger partial charge in [0.1, 0.15) is 9.96 Å². The molecule has 0 atom stereocenters. The highest BCUT2D eigenvalue weighted by atomic mass is 32.2. The summed E-state index contributed by atoms with van der Waals surface area (Å²) < 4.78 is 37.2. The first-order valence-corrected chi connectivity index (χ1v) is 11.0. The molecule has 2 heterocycles. The molecule has 0 spiro atoms. The van der Waals surface area contributed by atoms with Crippen LogP contribution >= 0.6 is 11.3 Å². The average Bonchev–Trinajstić information content (AvgIpc) is 3.22. The molecule has 1 aliphatic heterocycles. The molecule has 0 radical (unpaired) electrons. The third-order valence-corrected chi connectivity index (χ3v) is 7.63. The summed E-state index contributed by atoms with van der Waals surface area (Å²) in [4.78, 5) is 12.8. The highest BCUT2D eigenvalue weighted by Gasteiger charge is 2.27. The number of hydrogen-bond acceptors (Lipinski definition) is 6. The third kappa shape index (κ3) is 5.20. The Bertz CT molecular complexity index is 929. The summed E-state index contributed by atoms with van der Waals surface area (Å²) in [6.07, 6.45) is 3.15. The van der Waals surface area contributed by atoms with E-state index < -0.39 is 10.0 Å². The van der Waals surface area contributed by atoms with Crippen molar-refractivity contribution in [2.75, 3.05) is 33.4 Å². The van der Waals surface area contributed by atoms with Crippen molar-refractivity contribution in [2.24, 2.45) is 0 Å². The SMILES string of the molecule is COc1ccc(/C=C/C(=O)NCc2ccc(S(=O)(=O)N3CCOCC3)s2)cc1. The first-order valence-electron chi connectivity index (χ1n) is 8.75. The molecule has 1 aromatic carbocycles. The molecule has 0 aliphatic carbocycles. The van der Waals surface area contributed by atoms with Gasteiger partial charge in [-0.2, -0.15) is 4.31 Å². The van der Waals surface area contributed by atoms with Gasteiger partial charge in [0.25, 0.3) is 10.0 Å². The summed E-state index contributed by atoms with van der Waals surface area (Å²) in [5.74, 6) is 0.504. The minimum Gasteiger partial charge on any atom is -0.497 e. The van der Waals surface area contributed by atoms with E-state index in [0.717, 1.165) is 16.2 Å². The number of sulfonamides is 1. The molecular weight excluding hydrogens is 400 g/mol. The molecule has 3 rings (SSSR count). The fourth-order valence-electron chi connectivity index (χ4n) is 2.63. The van der Waals surface area contributed by atoms with Gasteiger partial charge in [-0.05, 0) is 35.9 Å². The Morgan fingerprint density at radius 2 is 1.93 bits per heavy atom. The maximum absolute atomic E-state index is 12.6.